The van der Waals surface area contributed by atoms with Crippen LogP contribution in [0.15, 0.2) is 22.8 Å². The molecule has 2 bridgehead atoms. The van der Waals surface area contributed by atoms with E-state index in [0.29, 0.717) is 0 Å². The van der Waals surface area contributed by atoms with Crippen LogP contribution in [0.1, 0.15) is 46.5 Å². The van der Waals surface area contributed by atoms with E-state index in [4.69, 9.17) is 9.47 Å². The maximum absolute atomic E-state index is 11.7. The van der Waals surface area contributed by atoms with Crippen LogP contribution in [-0.2, 0) is 14.3 Å². The van der Waals surface area contributed by atoms with Gasteiger partial charge in [-0.05, 0) is 44.9 Å². The molecule has 3 rings (SSSR count). The molecule has 0 N–H and O–H groups in total. The van der Waals surface area contributed by atoms with Crippen molar-refractivity contribution in [3.8, 4) is 0 Å². The molecule has 2 aliphatic carbocycles. The number of carbonyl (C=O) groups excluding carboxylic acids is 1. The van der Waals surface area contributed by atoms with Crippen molar-refractivity contribution in [3.63, 3.8) is 0 Å². The summed E-state index contributed by atoms with van der Waals surface area (Å²) in [6, 6.07) is 0. The first kappa shape index (κ1) is 12.9. The standard InChI is InChI=1S/C16H22O3/c1-10-7-13-9-15(3,11(10)2)6-5-12-8-14(17)19-16(12,13)18-4/h8,13H,5-7,9H2,1-4H3. The zero-order chi connectivity index (χ0) is 13.8. The lowest BCUT2D eigenvalue weighted by atomic mass is 9.66. The Hall–Kier alpha value is -1.09. The molecular weight excluding hydrogens is 240 g/mol. The molecule has 0 radical (unpaired) electrons. The number of esters is 1. The van der Waals surface area contributed by atoms with Crippen LogP contribution in [0.25, 0.3) is 0 Å². The second-order valence-corrected chi connectivity index (χ2v) is 6.53. The van der Waals surface area contributed by atoms with E-state index in [1.165, 1.54) is 11.1 Å². The molecule has 0 aromatic carbocycles. The van der Waals surface area contributed by atoms with E-state index in [0.717, 1.165) is 31.3 Å². The molecule has 3 nitrogen and oxygen atoms in total. The second kappa shape index (κ2) is 3.95. The summed E-state index contributed by atoms with van der Waals surface area (Å²) >= 11 is 0. The van der Waals surface area contributed by atoms with Crippen LogP contribution in [0.4, 0.5) is 0 Å². The summed E-state index contributed by atoms with van der Waals surface area (Å²) in [6.07, 6.45) is 5.60. The number of rotatable bonds is 1. The van der Waals surface area contributed by atoms with Gasteiger partial charge in [-0.3, -0.25) is 0 Å². The summed E-state index contributed by atoms with van der Waals surface area (Å²) in [5.74, 6) is -0.799. The van der Waals surface area contributed by atoms with Crippen LogP contribution in [0.3, 0.4) is 0 Å². The fraction of sp³-hybridized carbons (Fsp3) is 0.688. The monoisotopic (exact) mass is 262 g/mol. The van der Waals surface area contributed by atoms with Crippen molar-refractivity contribution in [2.45, 2.75) is 52.2 Å². The molecule has 0 spiro atoms. The first-order valence-electron chi connectivity index (χ1n) is 7.07. The van der Waals surface area contributed by atoms with Gasteiger partial charge < -0.3 is 9.47 Å². The Kier molecular flexibility index (Phi) is 2.69. The van der Waals surface area contributed by atoms with Gasteiger partial charge in [0, 0.05) is 24.7 Å². The topological polar surface area (TPSA) is 35.5 Å². The molecule has 19 heavy (non-hydrogen) atoms. The van der Waals surface area contributed by atoms with Gasteiger partial charge in [0.25, 0.3) is 0 Å². The summed E-state index contributed by atoms with van der Waals surface area (Å²) in [5, 5.41) is 0. The number of fused-ring (bicyclic) bond motifs is 4. The van der Waals surface area contributed by atoms with E-state index in [1.807, 2.05) is 0 Å². The van der Waals surface area contributed by atoms with E-state index in [1.54, 1.807) is 13.2 Å². The molecule has 0 saturated heterocycles. The minimum Gasteiger partial charge on any atom is -0.425 e. The van der Waals surface area contributed by atoms with Crippen molar-refractivity contribution < 1.29 is 14.3 Å². The van der Waals surface area contributed by atoms with Crippen LogP contribution >= 0.6 is 0 Å². The van der Waals surface area contributed by atoms with Gasteiger partial charge in [-0.15, -0.1) is 0 Å². The Bertz CT molecular complexity index is 502. The minimum absolute atomic E-state index is 0.218. The molecule has 1 aliphatic heterocycles. The van der Waals surface area contributed by atoms with Crippen molar-refractivity contribution in [1.29, 1.82) is 0 Å². The maximum atomic E-state index is 11.7. The first-order chi connectivity index (χ1) is 8.91. The van der Waals surface area contributed by atoms with Crippen molar-refractivity contribution >= 4 is 5.97 Å². The third kappa shape index (κ3) is 1.64. The van der Waals surface area contributed by atoms with E-state index in [9.17, 15) is 4.79 Å². The molecular formula is C16H22O3. The lowest BCUT2D eigenvalue weighted by Gasteiger charge is -2.43. The molecule has 0 aromatic heterocycles. The molecule has 1 saturated carbocycles. The number of methoxy groups -OCH3 is 1. The molecule has 3 aliphatic rings. The second-order valence-electron chi connectivity index (χ2n) is 6.53. The van der Waals surface area contributed by atoms with E-state index in [-0.39, 0.29) is 17.3 Å². The van der Waals surface area contributed by atoms with Gasteiger partial charge in [-0.25, -0.2) is 4.79 Å². The highest BCUT2D eigenvalue weighted by Gasteiger charge is 2.55. The number of ether oxygens (including phenoxy) is 2. The maximum Gasteiger partial charge on any atom is 0.333 e. The highest BCUT2D eigenvalue weighted by Crippen LogP contribution is 2.56. The fourth-order valence-electron chi connectivity index (χ4n) is 4.19. The fourth-order valence-corrected chi connectivity index (χ4v) is 4.19. The summed E-state index contributed by atoms with van der Waals surface area (Å²) in [7, 11) is 1.66. The van der Waals surface area contributed by atoms with Crippen LogP contribution in [0.2, 0.25) is 0 Å². The van der Waals surface area contributed by atoms with Gasteiger partial charge in [-0.1, -0.05) is 18.1 Å². The van der Waals surface area contributed by atoms with Gasteiger partial charge in [0.2, 0.25) is 5.79 Å². The SMILES string of the molecule is COC12OC(=O)C=C1CCC1(C)CC2CC(C)=C1C. The molecule has 3 heteroatoms. The number of hydrogen-bond acceptors (Lipinski definition) is 3. The number of hydrogen-bond donors (Lipinski definition) is 0. The minimum atomic E-state index is -0.795. The molecule has 1 fully saturated rings. The smallest absolute Gasteiger partial charge is 0.333 e. The van der Waals surface area contributed by atoms with Crippen LogP contribution < -0.4 is 0 Å². The first-order valence-corrected chi connectivity index (χ1v) is 7.07. The Morgan fingerprint density at radius 1 is 1.42 bits per heavy atom. The third-order valence-corrected chi connectivity index (χ3v) is 5.57. The Labute approximate surface area is 114 Å². The zero-order valence-corrected chi connectivity index (χ0v) is 12.2. The summed E-state index contributed by atoms with van der Waals surface area (Å²) in [5.41, 5.74) is 4.20. The van der Waals surface area contributed by atoms with Gasteiger partial charge in [-0.2, -0.15) is 0 Å². The highest BCUT2D eigenvalue weighted by molar-refractivity contribution is 5.86. The Morgan fingerprint density at radius 3 is 2.84 bits per heavy atom. The van der Waals surface area contributed by atoms with Gasteiger partial charge >= 0.3 is 5.97 Å². The lowest BCUT2D eigenvalue weighted by Crippen LogP contribution is -2.44. The quantitative estimate of drug-likeness (QED) is 0.537. The Morgan fingerprint density at radius 2 is 2.16 bits per heavy atom. The molecule has 0 aromatic rings. The molecule has 3 atom stereocenters. The van der Waals surface area contributed by atoms with E-state index < -0.39 is 5.79 Å². The molecule has 0 amide bonds. The van der Waals surface area contributed by atoms with Crippen molar-refractivity contribution in [2.75, 3.05) is 7.11 Å². The third-order valence-electron chi connectivity index (χ3n) is 5.57. The lowest BCUT2D eigenvalue weighted by molar-refractivity contribution is -0.216. The summed E-state index contributed by atoms with van der Waals surface area (Å²) < 4.78 is 11.4. The average Bonchev–Trinajstić information content (AvgIpc) is 2.66. The summed E-state index contributed by atoms with van der Waals surface area (Å²) in [6.45, 7) is 6.80. The average molecular weight is 262 g/mol. The van der Waals surface area contributed by atoms with Crippen molar-refractivity contribution in [3.05, 3.63) is 22.8 Å². The number of allylic oxidation sites excluding steroid dienone is 2. The zero-order valence-electron chi connectivity index (χ0n) is 12.2. The number of carbonyl (C=O) groups is 1. The van der Waals surface area contributed by atoms with Crippen LogP contribution in [-0.4, -0.2) is 18.9 Å². The van der Waals surface area contributed by atoms with Crippen LogP contribution in [0.5, 0.6) is 0 Å². The van der Waals surface area contributed by atoms with E-state index in [2.05, 4.69) is 20.8 Å². The normalized spacial score (nSPS) is 41.6. The largest absolute Gasteiger partial charge is 0.425 e. The van der Waals surface area contributed by atoms with Gasteiger partial charge in [0.15, 0.2) is 0 Å². The predicted octanol–water partition coefficient (Wildman–Crippen LogP) is 3.36. The van der Waals surface area contributed by atoms with Crippen molar-refractivity contribution in [2.24, 2.45) is 11.3 Å². The van der Waals surface area contributed by atoms with Gasteiger partial charge in [0.05, 0.1) is 0 Å². The van der Waals surface area contributed by atoms with Gasteiger partial charge in [0.1, 0.15) is 0 Å². The van der Waals surface area contributed by atoms with Crippen LogP contribution in [0, 0.1) is 11.3 Å². The highest BCUT2D eigenvalue weighted by atomic mass is 16.7. The molecule has 104 valence electrons. The van der Waals surface area contributed by atoms with Crippen molar-refractivity contribution in [1.82, 2.24) is 0 Å². The molecule has 1 heterocycles. The summed E-state index contributed by atoms with van der Waals surface area (Å²) in [4.78, 5) is 11.7. The Balaban J connectivity index is 2.10. The predicted molar refractivity (Wildman–Crippen MR) is 72.4 cm³/mol. The molecule has 3 unspecified atom stereocenters. The van der Waals surface area contributed by atoms with E-state index >= 15 is 0 Å².